The Morgan fingerprint density at radius 3 is 2.38 bits per heavy atom. The monoisotopic (exact) mass is 367 g/mol. The van der Waals surface area contributed by atoms with E-state index in [1.54, 1.807) is 6.07 Å². The first kappa shape index (κ1) is 21.4. The standard InChI is InChI=1S/C18H25NO7/c1-3-4-5-11-25-17(20)7-6-8-18(21)26-13-14-9-10-16(24-2)15(12-14)19(22)23/h9-10,12H,3-8,11,13H2,1-2H3. The summed E-state index contributed by atoms with van der Waals surface area (Å²) in [4.78, 5) is 33.6. The summed E-state index contributed by atoms with van der Waals surface area (Å²) in [5.74, 6) is -0.649. The molecular formula is C18H25NO7. The Hall–Kier alpha value is -2.64. The average Bonchev–Trinajstić information content (AvgIpc) is 2.63. The molecule has 0 aliphatic heterocycles. The maximum absolute atomic E-state index is 11.7. The van der Waals surface area contributed by atoms with Crippen LogP contribution < -0.4 is 4.74 Å². The van der Waals surface area contributed by atoms with Crippen LogP contribution in [-0.4, -0.2) is 30.6 Å². The fourth-order valence-electron chi connectivity index (χ4n) is 2.19. The molecule has 0 unspecified atom stereocenters. The minimum atomic E-state index is -0.559. The summed E-state index contributed by atoms with van der Waals surface area (Å²) in [6.07, 6.45) is 3.51. The zero-order valence-corrected chi connectivity index (χ0v) is 15.2. The molecule has 0 radical (unpaired) electrons. The lowest BCUT2D eigenvalue weighted by molar-refractivity contribution is -0.385. The quantitative estimate of drug-likeness (QED) is 0.241. The van der Waals surface area contributed by atoms with E-state index in [-0.39, 0.29) is 36.9 Å². The third kappa shape index (κ3) is 7.96. The van der Waals surface area contributed by atoms with E-state index in [2.05, 4.69) is 6.92 Å². The Morgan fingerprint density at radius 2 is 1.77 bits per heavy atom. The number of esters is 2. The second-order valence-corrected chi connectivity index (χ2v) is 5.71. The summed E-state index contributed by atoms with van der Waals surface area (Å²) in [5, 5.41) is 11.0. The number of nitro groups is 1. The Morgan fingerprint density at radius 1 is 1.08 bits per heavy atom. The van der Waals surface area contributed by atoms with Crippen LogP contribution in [0.1, 0.15) is 51.0 Å². The molecule has 0 fully saturated rings. The highest BCUT2D eigenvalue weighted by molar-refractivity contribution is 5.72. The second-order valence-electron chi connectivity index (χ2n) is 5.71. The van der Waals surface area contributed by atoms with Crippen LogP contribution in [0.2, 0.25) is 0 Å². The maximum Gasteiger partial charge on any atom is 0.311 e. The minimum absolute atomic E-state index is 0.0782. The lowest BCUT2D eigenvalue weighted by Crippen LogP contribution is -2.09. The first-order chi connectivity index (χ1) is 12.5. The number of unbranched alkanes of at least 4 members (excludes halogenated alkanes) is 2. The van der Waals surface area contributed by atoms with Crippen molar-refractivity contribution in [2.45, 2.75) is 52.1 Å². The van der Waals surface area contributed by atoms with Crippen LogP contribution in [0.3, 0.4) is 0 Å². The first-order valence-electron chi connectivity index (χ1n) is 8.60. The van der Waals surface area contributed by atoms with Gasteiger partial charge in [-0.05, 0) is 24.5 Å². The van der Waals surface area contributed by atoms with Gasteiger partial charge in [-0.1, -0.05) is 25.8 Å². The smallest absolute Gasteiger partial charge is 0.311 e. The van der Waals surface area contributed by atoms with Gasteiger partial charge in [0.25, 0.3) is 0 Å². The molecule has 0 heterocycles. The topological polar surface area (TPSA) is 105 Å². The van der Waals surface area contributed by atoms with Crippen molar-refractivity contribution in [1.29, 1.82) is 0 Å². The molecule has 0 amide bonds. The fraction of sp³-hybridized carbons (Fsp3) is 0.556. The number of carbonyl (C=O) groups excluding carboxylic acids is 2. The Kier molecular flexibility index (Phi) is 9.74. The molecule has 1 aromatic rings. The third-order valence-electron chi connectivity index (χ3n) is 3.61. The van der Waals surface area contributed by atoms with Gasteiger partial charge in [0.1, 0.15) is 6.61 Å². The molecular weight excluding hydrogens is 342 g/mol. The zero-order chi connectivity index (χ0) is 19.4. The highest BCUT2D eigenvalue weighted by Crippen LogP contribution is 2.27. The fourth-order valence-corrected chi connectivity index (χ4v) is 2.19. The molecule has 0 atom stereocenters. The highest BCUT2D eigenvalue weighted by atomic mass is 16.6. The normalized spacial score (nSPS) is 10.2. The molecule has 1 aromatic carbocycles. The van der Waals surface area contributed by atoms with Gasteiger partial charge in [0.2, 0.25) is 0 Å². The number of benzene rings is 1. The van der Waals surface area contributed by atoms with Crippen molar-refractivity contribution >= 4 is 17.6 Å². The number of rotatable bonds is 12. The SMILES string of the molecule is CCCCCOC(=O)CCCC(=O)OCc1ccc(OC)c([N+](=O)[O-])c1. The van der Waals surface area contributed by atoms with E-state index in [1.165, 1.54) is 19.2 Å². The molecule has 0 aliphatic carbocycles. The van der Waals surface area contributed by atoms with Gasteiger partial charge in [-0.15, -0.1) is 0 Å². The number of ether oxygens (including phenoxy) is 3. The third-order valence-corrected chi connectivity index (χ3v) is 3.61. The van der Waals surface area contributed by atoms with Crippen molar-refractivity contribution in [3.63, 3.8) is 0 Å². The molecule has 26 heavy (non-hydrogen) atoms. The van der Waals surface area contributed by atoms with E-state index in [4.69, 9.17) is 14.2 Å². The van der Waals surface area contributed by atoms with Gasteiger partial charge in [-0.25, -0.2) is 0 Å². The van der Waals surface area contributed by atoms with Gasteiger partial charge >= 0.3 is 17.6 Å². The predicted molar refractivity (Wildman–Crippen MR) is 93.8 cm³/mol. The van der Waals surface area contributed by atoms with E-state index in [1.807, 2.05) is 0 Å². The minimum Gasteiger partial charge on any atom is -0.490 e. The van der Waals surface area contributed by atoms with E-state index in [0.29, 0.717) is 18.6 Å². The van der Waals surface area contributed by atoms with Crippen molar-refractivity contribution in [3.05, 3.63) is 33.9 Å². The van der Waals surface area contributed by atoms with E-state index in [9.17, 15) is 19.7 Å². The predicted octanol–water partition coefficient (Wildman–Crippen LogP) is 3.55. The van der Waals surface area contributed by atoms with Crippen LogP contribution in [0.5, 0.6) is 5.75 Å². The highest BCUT2D eigenvalue weighted by Gasteiger charge is 2.16. The molecule has 0 saturated heterocycles. The van der Waals surface area contributed by atoms with E-state index in [0.717, 1.165) is 19.3 Å². The molecule has 0 saturated carbocycles. The molecule has 0 spiro atoms. The average molecular weight is 367 g/mol. The summed E-state index contributed by atoms with van der Waals surface area (Å²) >= 11 is 0. The molecule has 1 rings (SSSR count). The van der Waals surface area contributed by atoms with Crippen molar-refractivity contribution in [2.75, 3.05) is 13.7 Å². The number of hydrogen-bond donors (Lipinski definition) is 0. The summed E-state index contributed by atoms with van der Waals surface area (Å²) in [6.45, 7) is 2.40. The molecule has 0 aliphatic rings. The molecule has 0 aromatic heterocycles. The van der Waals surface area contributed by atoms with Gasteiger partial charge in [-0.2, -0.15) is 0 Å². The summed E-state index contributed by atoms with van der Waals surface area (Å²) < 4.78 is 15.0. The van der Waals surface area contributed by atoms with Crippen LogP contribution in [0.15, 0.2) is 18.2 Å². The molecule has 144 valence electrons. The van der Waals surface area contributed by atoms with Crippen molar-refractivity contribution in [3.8, 4) is 5.75 Å². The number of carbonyl (C=O) groups is 2. The zero-order valence-electron chi connectivity index (χ0n) is 15.2. The Balaban J connectivity index is 2.31. The van der Waals surface area contributed by atoms with Crippen LogP contribution in [-0.2, 0) is 25.7 Å². The molecule has 0 N–H and O–H groups in total. The largest absolute Gasteiger partial charge is 0.490 e. The van der Waals surface area contributed by atoms with Gasteiger partial charge < -0.3 is 14.2 Å². The van der Waals surface area contributed by atoms with E-state index >= 15 is 0 Å². The molecule has 8 heteroatoms. The lowest BCUT2D eigenvalue weighted by Gasteiger charge is -2.07. The maximum atomic E-state index is 11.7. The number of nitro benzene ring substituents is 1. The van der Waals surface area contributed by atoms with Gasteiger partial charge in [-0.3, -0.25) is 19.7 Å². The van der Waals surface area contributed by atoms with Gasteiger partial charge in [0, 0.05) is 18.9 Å². The van der Waals surface area contributed by atoms with Crippen LogP contribution in [0, 0.1) is 10.1 Å². The summed E-state index contributed by atoms with van der Waals surface area (Å²) in [6, 6.07) is 4.35. The van der Waals surface area contributed by atoms with E-state index < -0.39 is 10.9 Å². The van der Waals surface area contributed by atoms with Crippen LogP contribution in [0.25, 0.3) is 0 Å². The molecule has 0 bridgehead atoms. The first-order valence-corrected chi connectivity index (χ1v) is 8.60. The second kappa shape index (κ2) is 11.8. The number of nitrogens with zero attached hydrogens (tertiary/aromatic N) is 1. The number of hydrogen-bond acceptors (Lipinski definition) is 7. The molecule has 8 nitrogen and oxygen atoms in total. The summed E-state index contributed by atoms with van der Waals surface area (Å²) in [5.41, 5.74) is 0.299. The van der Waals surface area contributed by atoms with Crippen molar-refractivity contribution in [2.24, 2.45) is 0 Å². The van der Waals surface area contributed by atoms with Crippen LogP contribution in [0.4, 0.5) is 5.69 Å². The Bertz CT molecular complexity index is 616. The van der Waals surface area contributed by atoms with Crippen molar-refractivity contribution < 1.29 is 28.7 Å². The van der Waals surface area contributed by atoms with Gasteiger partial charge in [0.05, 0.1) is 18.6 Å². The van der Waals surface area contributed by atoms with Gasteiger partial charge in [0.15, 0.2) is 5.75 Å². The Labute approximate surface area is 152 Å². The lowest BCUT2D eigenvalue weighted by atomic mass is 10.2. The van der Waals surface area contributed by atoms with Crippen molar-refractivity contribution in [1.82, 2.24) is 0 Å². The van der Waals surface area contributed by atoms with Crippen LogP contribution >= 0.6 is 0 Å². The summed E-state index contributed by atoms with van der Waals surface area (Å²) in [7, 11) is 1.34. The number of methoxy groups -OCH3 is 1.